The Morgan fingerprint density at radius 1 is 0.750 bits per heavy atom. The second-order valence-corrected chi connectivity index (χ2v) is 11.1. The van der Waals surface area contributed by atoms with Crippen LogP contribution in [0.5, 0.6) is 0 Å². The summed E-state index contributed by atoms with van der Waals surface area (Å²) in [6.45, 7) is 1.12. The molecule has 2 aliphatic rings. The van der Waals surface area contributed by atoms with E-state index in [-0.39, 0.29) is 18.2 Å². The molecule has 3 aromatic rings. The quantitative estimate of drug-likeness (QED) is 0.444. The van der Waals surface area contributed by atoms with Gasteiger partial charge in [-0.1, -0.05) is 48.0 Å². The number of hydrogen-bond donors (Lipinski definition) is 1. The summed E-state index contributed by atoms with van der Waals surface area (Å²) >= 11 is 5.98. The highest BCUT2D eigenvalue weighted by molar-refractivity contribution is 7.75. The molecule has 2 amide bonds. The number of carbonyl (C=O) groups is 2. The molecule has 0 saturated carbocycles. The number of halogens is 1. The van der Waals surface area contributed by atoms with Gasteiger partial charge >= 0.3 is 7.79 Å². The van der Waals surface area contributed by atoms with Crippen LogP contribution in [0, 0.1) is 0 Å². The normalized spacial score (nSPS) is 20.3. The van der Waals surface area contributed by atoms with Crippen molar-refractivity contribution < 1.29 is 14.5 Å². The van der Waals surface area contributed by atoms with Gasteiger partial charge in [-0.3, -0.25) is 9.59 Å². The van der Waals surface area contributed by atoms with E-state index in [0.29, 0.717) is 23.8 Å². The van der Waals surface area contributed by atoms with Gasteiger partial charge in [0.05, 0.1) is 36.6 Å². The van der Waals surface area contributed by atoms with Crippen LogP contribution in [0.3, 0.4) is 0 Å². The van der Waals surface area contributed by atoms with Gasteiger partial charge in [0.25, 0.3) is 5.91 Å². The molecular weight excluding hydrogens is 445 g/mol. The molecule has 6 nitrogen and oxygen atoms in total. The fourth-order valence-electron chi connectivity index (χ4n) is 4.50. The number of rotatable bonds is 4. The summed E-state index contributed by atoms with van der Waals surface area (Å²) < 4.78 is 3.86. The molecule has 1 N–H and O–H groups in total. The highest BCUT2D eigenvalue weighted by Gasteiger charge is 2.68. The second-order valence-electron chi connectivity index (χ2n) is 7.80. The number of hydrogen-bond acceptors (Lipinski definition) is 5. The lowest BCUT2D eigenvalue weighted by Crippen LogP contribution is -2.39. The topological polar surface area (TPSA) is 64.1 Å². The zero-order chi connectivity index (χ0) is 22.3. The molecule has 32 heavy (non-hydrogen) atoms. The van der Waals surface area contributed by atoms with E-state index in [1.807, 2.05) is 70.0 Å². The largest absolute Gasteiger partial charge is 0.344 e. The fraction of sp³-hybridized carbons (Fsp3) is 0.167. The van der Waals surface area contributed by atoms with Gasteiger partial charge in [0.15, 0.2) is 0 Å². The number of anilines is 3. The van der Waals surface area contributed by atoms with Crippen LogP contribution < -0.4 is 14.2 Å². The summed E-state index contributed by atoms with van der Waals surface area (Å²) in [4.78, 5) is 40.2. The third-order valence-corrected chi connectivity index (χ3v) is 9.74. The van der Waals surface area contributed by atoms with Gasteiger partial charge in [-0.2, -0.15) is 0 Å². The number of amides is 2. The SMILES string of the molecule is O=C1CC([P+]2(O)N(c3ccccc3)CCN2c2ccccc2)C(=O)N1c1ccc(Cl)cc1. The minimum Gasteiger partial charge on any atom is -0.274 e. The van der Waals surface area contributed by atoms with E-state index in [9.17, 15) is 14.5 Å². The van der Waals surface area contributed by atoms with Crippen molar-refractivity contribution in [3.05, 3.63) is 90.0 Å². The maximum Gasteiger partial charge on any atom is 0.344 e. The van der Waals surface area contributed by atoms with Crippen LogP contribution in [0.1, 0.15) is 6.42 Å². The number of para-hydroxylation sites is 2. The van der Waals surface area contributed by atoms with Crippen molar-refractivity contribution in [1.29, 1.82) is 0 Å². The molecule has 0 aliphatic carbocycles. The molecule has 2 heterocycles. The van der Waals surface area contributed by atoms with Crippen molar-refractivity contribution in [3.8, 4) is 0 Å². The van der Waals surface area contributed by atoms with Crippen molar-refractivity contribution in [3.63, 3.8) is 0 Å². The molecule has 0 bridgehead atoms. The Hall–Kier alpha value is -2.92. The van der Waals surface area contributed by atoms with Crippen LogP contribution in [-0.4, -0.2) is 35.5 Å². The van der Waals surface area contributed by atoms with E-state index in [1.54, 1.807) is 24.3 Å². The van der Waals surface area contributed by atoms with Crippen LogP contribution in [0.25, 0.3) is 0 Å². The lowest BCUT2D eigenvalue weighted by Gasteiger charge is -2.34. The maximum absolute atomic E-state index is 13.6. The van der Waals surface area contributed by atoms with Gasteiger partial charge in [-0.15, -0.1) is 0 Å². The smallest absolute Gasteiger partial charge is 0.274 e. The van der Waals surface area contributed by atoms with Gasteiger partial charge in [0.2, 0.25) is 11.6 Å². The first-order valence-corrected chi connectivity index (χ1v) is 12.5. The van der Waals surface area contributed by atoms with E-state index in [1.165, 1.54) is 4.90 Å². The van der Waals surface area contributed by atoms with Crippen LogP contribution >= 0.6 is 19.4 Å². The summed E-state index contributed by atoms with van der Waals surface area (Å²) in [6, 6.07) is 25.8. The molecule has 5 rings (SSSR count). The molecule has 3 aromatic carbocycles. The maximum atomic E-state index is 13.6. The first kappa shape index (κ1) is 21.0. The molecule has 1 atom stereocenters. The first-order chi connectivity index (χ1) is 15.5. The van der Waals surface area contributed by atoms with Crippen molar-refractivity contribution in [1.82, 2.24) is 0 Å². The lowest BCUT2D eigenvalue weighted by molar-refractivity contribution is -0.121. The van der Waals surface area contributed by atoms with E-state index >= 15 is 0 Å². The van der Waals surface area contributed by atoms with E-state index in [2.05, 4.69) is 0 Å². The molecule has 0 spiro atoms. The van der Waals surface area contributed by atoms with Crippen molar-refractivity contribution >= 4 is 48.3 Å². The van der Waals surface area contributed by atoms with Crippen LogP contribution in [-0.2, 0) is 9.59 Å². The fourth-order valence-corrected chi connectivity index (χ4v) is 8.08. The monoisotopic (exact) mass is 466 g/mol. The number of carbonyl (C=O) groups excluding carboxylic acids is 2. The first-order valence-electron chi connectivity index (χ1n) is 10.4. The highest BCUT2D eigenvalue weighted by Crippen LogP contribution is 2.71. The Kier molecular flexibility index (Phi) is 5.38. The third-order valence-electron chi connectivity index (χ3n) is 5.97. The molecular formula is C24H22ClN3O3P+. The lowest BCUT2D eigenvalue weighted by atomic mass is 10.3. The highest BCUT2D eigenvalue weighted by atomic mass is 35.5. The molecule has 8 heteroatoms. The summed E-state index contributed by atoms with van der Waals surface area (Å²) in [5, 5.41) is 0.525. The van der Waals surface area contributed by atoms with Crippen molar-refractivity contribution in [2.24, 2.45) is 0 Å². The minimum atomic E-state index is -3.26. The van der Waals surface area contributed by atoms with Crippen LogP contribution in [0.15, 0.2) is 84.9 Å². The standard InChI is InChI=1S/C24H22ClN3O3P/c25-18-11-13-21(14-12-18)28-23(29)17-22(24(28)30)32(31)26(19-7-3-1-4-8-19)15-16-27(32)20-9-5-2-6-10-20/h1-14,22,31H,15-17H2/q+1. The Bertz CT molecular complexity index is 1100. The predicted octanol–water partition coefficient (Wildman–Crippen LogP) is 4.75. The van der Waals surface area contributed by atoms with Gasteiger partial charge in [-0.05, 0) is 48.5 Å². The van der Waals surface area contributed by atoms with Crippen LogP contribution in [0.4, 0.5) is 17.1 Å². The average molecular weight is 467 g/mol. The molecule has 2 fully saturated rings. The third kappa shape index (κ3) is 3.36. The molecule has 2 aliphatic heterocycles. The van der Waals surface area contributed by atoms with Crippen molar-refractivity contribution in [2.45, 2.75) is 12.1 Å². The zero-order valence-corrected chi connectivity index (χ0v) is 18.9. The summed E-state index contributed by atoms with van der Waals surface area (Å²) in [6.07, 6.45) is -0.0432. The van der Waals surface area contributed by atoms with E-state index in [4.69, 9.17) is 11.6 Å². The Morgan fingerprint density at radius 3 is 1.75 bits per heavy atom. The Labute approximate surface area is 192 Å². The molecule has 162 valence electrons. The number of imide groups is 1. The zero-order valence-electron chi connectivity index (χ0n) is 17.2. The summed E-state index contributed by atoms with van der Waals surface area (Å²) in [7, 11) is -3.26. The van der Waals surface area contributed by atoms with Gasteiger partial charge in [0, 0.05) is 5.02 Å². The molecule has 0 radical (unpaired) electrons. The van der Waals surface area contributed by atoms with Gasteiger partial charge < -0.3 is 0 Å². The van der Waals surface area contributed by atoms with Gasteiger partial charge in [-0.25, -0.2) is 19.1 Å². The van der Waals surface area contributed by atoms with E-state index in [0.717, 1.165) is 11.4 Å². The van der Waals surface area contributed by atoms with Gasteiger partial charge in [0.1, 0.15) is 0 Å². The predicted molar refractivity (Wildman–Crippen MR) is 129 cm³/mol. The molecule has 0 aromatic heterocycles. The molecule has 2 saturated heterocycles. The summed E-state index contributed by atoms with van der Waals surface area (Å²) in [5.74, 6) is -0.694. The molecule has 1 unspecified atom stereocenters. The summed E-state index contributed by atoms with van der Waals surface area (Å²) in [5.41, 5.74) is 1.29. The number of nitrogens with zero attached hydrogens (tertiary/aromatic N) is 3. The minimum absolute atomic E-state index is 0.0432. The number of benzene rings is 3. The Balaban J connectivity index is 1.58. The Morgan fingerprint density at radius 2 is 1.25 bits per heavy atom. The average Bonchev–Trinajstić information content (AvgIpc) is 3.32. The van der Waals surface area contributed by atoms with Crippen molar-refractivity contribution in [2.75, 3.05) is 27.3 Å². The van der Waals surface area contributed by atoms with E-state index < -0.39 is 13.4 Å². The van der Waals surface area contributed by atoms with Crippen LogP contribution in [0.2, 0.25) is 5.02 Å². The second kappa shape index (κ2) is 8.21.